The molecule has 2 fully saturated rings. The Morgan fingerprint density at radius 3 is 2.64 bits per heavy atom. The van der Waals surface area contributed by atoms with Crippen molar-refractivity contribution in [1.82, 2.24) is 10.2 Å². The van der Waals surface area contributed by atoms with Gasteiger partial charge in [-0.3, -0.25) is 4.79 Å². The summed E-state index contributed by atoms with van der Waals surface area (Å²) in [6.45, 7) is 8.93. The van der Waals surface area contributed by atoms with Gasteiger partial charge in [-0.25, -0.2) is 0 Å². The maximum absolute atomic E-state index is 12.7. The van der Waals surface area contributed by atoms with Crippen molar-refractivity contribution in [3.8, 4) is 11.5 Å². The molecule has 0 bridgehead atoms. The standard InChI is InChI=1S/C28H32N2O3/c1-3-30(4-2)27(31)22-9-7-21(8-10-22)25-18-28(13-15-29-16-14-28)33-26-17-23(11-12-24(25)26)32-19-20-5-6-20/h3,7-12,17-18,20,29H,1,4-6,13-16,19H2,2H3. The van der Waals surface area contributed by atoms with Gasteiger partial charge in [0.05, 0.1) is 6.61 Å². The SMILES string of the molecule is C=CN(CC)C(=O)c1ccc(C2=CC3(CCNCC3)Oc3cc(OCC4CC4)ccc32)cc1. The van der Waals surface area contributed by atoms with Gasteiger partial charge in [-0.15, -0.1) is 0 Å². The zero-order valence-electron chi connectivity index (χ0n) is 19.3. The first-order chi connectivity index (χ1) is 16.1. The third-order valence-corrected chi connectivity index (χ3v) is 6.86. The minimum Gasteiger partial charge on any atom is -0.493 e. The van der Waals surface area contributed by atoms with Crippen molar-refractivity contribution in [2.24, 2.45) is 5.92 Å². The Bertz CT molecular complexity index is 1060. The highest BCUT2D eigenvalue weighted by molar-refractivity contribution is 5.95. The van der Waals surface area contributed by atoms with Crippen LogP contribution in [0.25, 0.3) is 5.57 Å². The van der Waals surface area contributed by atoms with Crippen molar-refractivity contribution in [2.75, 3.05) is 26.2 Å². The number of fused-ring (bicyclic) bond motifs is 1. The van der Waals surface area contributed by atoms with E-state index in [-0.39, 0.29) is 11.5 Å². The highest BCUT2D eigenvalue weighted by atomic mass is 16.5. The summed E-state index contributed by atoms with van der Waals surface area (Å²) in [5, 5.41) is 3.44. The average Bonchev–Trinajstić information content (AvgIpc) is 3.68. The Morgan fingerprint density at radius 1 is 1.21 bits per heavy atom. The fraction of sp³-hybridized carbons (Fsp3) is 0.393. The van der Waals surface area contributed by atoms with Crippen LogP contribution < -0.4 is 14.8 Å². The summed E-state index contributed by atoms with van der Waals surface area (Å²) in [5.41, 5.74) is 3.65. The molecule has 172 valence electrons. The lowest BCUT2D eigenvalue weighted by molar-refractivity contribution is 0.0811. The topological polar surface area (TPSA) is 50.8 Å². The van der Waals surface area contributed by atoms with Gasteiger partial charge in [-0.2, -0.15) is 0 Å². The van der Waals surface area contributed by atoms with E-state index in [1.165, 1.54) is 12.8 Å². The van der Waals surface area contributed by atoms with Crippen LogP contribution in [0, 0.1) is 5.92 Å². The third-order valence-electron chi connectivity index (χ3n) is 6.86. The van der Waals surface area contributed by atoms with E-state index < -0.39 is 0 Å². The zero-order chi connectivity index (χ0) is 22.8. The summed E-state index contributed by atoms with van der Waals surface area (Å²) < 4.78 is 12.7. The molecule has 5 nitrogen and oxygen atoms in total. The molecule has 3 aliphatic rings. The summed E-state index contributed by atoms with van der Waals surface area (Å²) in [6.07, 6.45) is 8.25. The fourth-order valence-electron chi connectivity index (χ4n) is 4.64. The van der Waals surface area contributed by atoms with Gasteiger partial charge in [0, 0.05) is 36.6 Å². The van der Waals surface area contributed by atoms with Gasteiger partial charge >= 0.3 is 0 Å². The van der Waals surface area contributed by atoms with E-state index in [9.17, 15) is 4.79 Å². The summed E-state index contributed by atoms with van der Waals surface area (Å²) >= 11 is 0. The lowest BCUT2D eigenvalue weighted by Crippen LogP contribution is -2.46. The maximum Gasteiger partial charge on any atom is 0.257 e. The summed E-state index contributed by atoms with van der Waals surface area (Å²) in [6, 6.07) is 14.1. The smallest absolute Gasteiger partial charge is 0.257 e. The van der Waals surface area contributed by atoms with E-state index in [1.807, 2.05) is 37.3 Å². The number of carbonyl (C=O) groups excluding carboxylic acids is 1. The predicted octanol–water partition coefficient (Wildman–Crippen LogP) is 5.03. The molecule has 1 spiro atoms. The van der Waals surface area contributed by atoms with E-state index in [0.29, 0.717) is 18.0 Å². The van der Waals surface area contributed by atoms with Crippen LogP contribution in [0.3, 0.4) is 0 Å². The Balaban J connectivity index is 1.48. The van der Waals surface area contributed by atoms with Crippen LogP contribution in [0.5, 0.6) is 11.5 Å². The van der Waals surface area contributed by atoms with Gasteiger partial charge in [0.1, 0.15) is 17.1 Å². The monoisotopic (exact) mass is 444 g/mol. The Morgan fingerprint density at radius 2 is 1.97 bits per heavy atom. The second-order valence-electron chi connectivity index (χ2n) is 9.24. The zero-order valence-corrected chi connectivity index (χ0v) is 19.3. The normalized spacial score (nSPS) is 18.6. The van der Waals surface area contributed by atoms with E-state index in [2.05, 4.69) is 30.1 Å². The van der Waals surface area contributed by atoms with Crippen LogP contribution >= 0.6 is 0 Å². The van der Waals surface area contributed by atoms with Crippen molar-refractivity contribution in [2.45, 2.75) is 38.2 Å². The molecule has 33 heavy (non-hydrogen) atoms. The first-order valence-electron chi connectivity index (χ1n) is 12.0. The molecule has 5 rings (SSSR count). The van der Waals surface area contributed by atoms with Crippen LogP contribution in [0.1, 0.15) is 54.1 Å². The van der Waals surface area contributed by atoms with E-state index in [1.54, 1.807) is 11.1 Å². The highest BCUT2D eigenvalue weighted by Gasteiger charge is 2.37. The molecule has 1 N–H and O–H groups in total. The molecule has 0 aromatic heterocycles. The number of rotatable bonds is 7. The van der Waals surface area contributed by atoms with E-state index >= 15 is 0 Å². The second-order valence-corrected chi connectivity index (χ2v) is 9.24. The van der Waals surface area contributed by atoms with Gasteiger partial charge in [0.25, 0.3) is 5.91 Å². The van der Waals surface area contributed by atoms with Crippen LogP contribution in [-0.4, -0.2) is 42.6 Å². The number of carbonyl (C=O) groups is 1. The minimum absolute atomic E-state index is 0.0346. The van der Waals surface area contributed by atoms with E-state index in [4.69, 9.17) is 9.47 Å². The molecular weight excluding hydrogens is 412 g/mol. The Labute approximate surface area is 196 Å². The van der Waals surface area contributed by atoms with Crippen molar-refractivity contribution >= 4 is 11.5 Å². The molecule has 2 aromatic carbocycles. The first kappa shape index (κ1) is 21.8. The predicted molar refractivity (Wildman–Crippen MR) is 131 cm³/mol. The van der Waals surface area contributed by atoms with Crippen LogP contribution in [0.4, 0.5) is 0 Å². The van der Waals surface area contributed by atoms with Crippen LogP contribution in [-0.2, 0) is 0 Å². The average molecular weight is 445 g/mol. The molecule has 0 atom stereocenters. The number of amides is 1. The maximum atomic E-state index is 12.7. The number of ether oxygens (including phenoxy) is 2. The largest absolute Gasteiger partial charge is 0.493 e. The molecule has 0 radical (unpaired) electrons. The molecule has 2 aliphatic heterocycles. The number of hydrogen-bond acceptors (Lipinski definition) is 4. The molecule has 1 aliphatic carbocycles. The van der Waals surface area contributed by atoms with Crippen LogP contribution in [0.2, 0.25) is 0 Å². The quantitative estimate of drug-likeness (QED) is 0.651. The van der Waals surface area contributed by atoms with Gasteiger partial charge in [0.15, 0.2) is 0 Å². The molecule has 0 unspecified atom stereocenters. The summed E-state index contributed by atoms with van der Waals surface area (Å²) in [7, 11) is 0. The van der Waals surface area contributed by atoms with Crippen molar-refractivity contribution in [1.29, 1.82) is 0 Å². The number of benzene rings is 2. The van der Waals surface area contributed by atoms with Crippen LogP contribution in [0.15, 0.2) is 61.3 Å². The summed E-state index contributed by atoms with van der Waals surface area (Å²) in [5.74, 6) is 2.43. The first-order valence-corrected chi connectivity index (χ1v) is 12.0. The molecule has 5 heteroatoms. The van der Waals surface area contributed by atoms with Gasteiger partial charge in [-0.05, 0) is 86.5 Å². The molecule has 1 saturated carbocycles. The van der Waals surface area contributed by atoms with Gasteiger partial charge in [-0.1, -0.05) is 18.7 Å². The van der Waals surface area contributed by atoms with Gasteiger partial charge < -0.3 is 19.7 Å². The fourth-order valence-corrected chi connectivity index (χ4v) is 4.64. The molecular formula is C28H32N2O3. The molecule has 1 amide bonds. The summed E-state index contributed by atoms with van der Waals surface area (Å²) in [4.78, 5) is 14.3. The van der Waals surface area contributed by atoms with E-state index in [0.717, 1.165) is 60.7 Å². The van der Waals surface area contributed by atoms with Crippen molar-refractivity contribution in [3.05, 3.63) is 78.0 Å². The third kappa shape index (κ3) is 4.55. The van der Waals surface area contributed by atoms with Crippen molar-refractivity contribution < 1.29 is 14.3 Å². The Kier molecular flexibility index (Phi) is 5.98. The second kappa shape index (κ2) is 9.06. The molecule has 2 aromatic rings. The van der Waals surface area contributed by atoms with Gasteiger partial charge in [0.2, 0.25) is 0 Å². The molecule has 2 heterocycles. The number of hydrogen-bond donors (Lipinski definition) is 1. The number of nitrogens with zero attached hydrogens (tertiary/aromatic N) is 1. The Hall–Kier alpha value is -3.05. The molecule has 1 saturated heterocycles. The van der Waals surface area contributed by atoms with Crippen molar-refractivity contribution in [3.63, 3.8) is 0 Å². The number of piperidine rings is 1. The number of nitrogens with one attached hydrogen (secondary N) is 1. The minimum atomic E-state index is -0.320. The lowest BCUT2D eigenvalue weighted by atomic mass is 9.83. The highest BCUT2D eigenvalue weighted by Crippen LogP contribution is 2.44. The lowest BCUT2D eigenvalue weighted by Gasteiger charge is -2.40.